The van der Waals surface area contributed by atoms with Gasteiger partial charge in [-0.3, -0.25) is 9.59 Å². The number of amides is 2. The van der Waals surface area contributed by atoms with Gasteiger partial charge in [0.1, 0.15) is 12.4 Å². The molecule has 0 bridgehead atoms. The van der Waals surface area contributed by atoms with Gasteiger partial charge in [-0.15, -0.1) is 0 Å². The third kappa shape index (κ3) is 4.48. The molecule has 0 fully saturated rings. The van der Waals surface area contributed by atoms with Crippen LogP contribution in [0.25, 0.3) is 0 Å². The predicted molar refractivity (Wildman–Crippen MR) is 101 cm³/mol. The van der Waals surface area contributed by atoms with Crippen molar-refractivity contribution in [3.63, 3.8) is 0 Å². The van der Waals surface area contributed by atoms with Crippen molar-refractivity contribution in [3.8, 4) is 5.75 Å². The lowest BCUT2D eigenvalue weighted by atomic mass is 9.96. The molecule has 0 aromatic heterocycles. The Kier molecular flexibility index (Phi) is 6.01. The van der Waals surface area contributed by atoms with Crippen LogP contribution < -0.4 is 15.4 Å². The molecular formula is C19H18Cl2N2O3. The van der Waals surface area contributed by atoms with E-state index in [0.29, 0.717) is 41.7 Å². The summed E-state index contributed by atoms with van der Waals surface area (Å²) in [6.07, 6.45) is 0.650. The first kappa shape index (κ1) is 18.5. The minimum absolute atomic E-state index is 0.0803. The van der Waals surface area contributed by atoms with E-state index in [2.05, 4.69) is 10.6 Å². The van der Waals surface area contributed by atoms with Gasteiger partial charge in [-0.05, 0) is 36.2 Å². The van der Waals surface area contributed by atoms with Gasteiger partial charge in [0.2, 0.25) is 5.91 Å². The summed E-state index contributed by atoms with van der Waals surface area (Å²) in [6.45, 7) is 1.01. The molecule has 1 aliphatic heterocycles. The summed E-state index contributed by atoms with van der Waals surface area (Å²) in [5, 5.41) is 6.28. The zero-order valence-electron chi connectivity index (χ0n) is 13.9. The van der Waals surface area contributed by atoms with Crippen molar-refractivity contribution in [3.05, 3.63) is 63.6 Å². The highest BCUT2D eigenvalue weighted by atomic mass is 35.5. The van der Waals surface area contributed by atoms with Crippen LogP contribution in [-0.2, 0) is 11.2 Å². The van der Waals surface area contributed by atoms with E-state index >= 15 is 0 Å². The number of fused-ring (bicyclic) bond motifs is 1. The summed E-state index contributed by atoms with van der Waals surface area (Å²) in [5.41, 5.74) is 1.45. The summed E-state index contributed by atoms with van der Waals surface area (Å²) < 4.78 is 5.63. The SMILES string of the molecule is O=C(NCCNC(=O)C1COc2ccccc2C1)c1ccc(Cl)c(Cl)c1. The first-order chi connectivity index (χ1) is 12.5. The van der Waals surface area contributed by atoms with Crippen LogP contribution in [0.15, 0.2) is 42.5 Å². The lowest BCUT2D eigenvalue weighted by Gasteiger charge is -2.24. The van der Waals surface area contributed by atoms with Crippen molar-refractivity contribution >= 4 is 35.0 Å². The Morgan fingerprint density at radius 1 is 1.04 bits per heavy atom. The molecule has 0 radical (unpaired) electrons. The second-order valence-electron chi connectivity index (χ2n) is 6.00. The number of rotatable bonds is 5. The normalized spacial score (nSPS) is 15.5. The summed E-state index contributed by atoms with van der Waals surface area (Å²) in [7, 11) is 0. The van der Waals surface area contributed by atoms with Crippen molar-refractivity contribution in [1.29, 1.82) is 0 Å². The monoisotopic (exact) mass is 392 g/mol. The van der Waals surface area contributed by atoms with Gasteiger partial charge in [-0.1, -0.05) is 41.4 Å². The van der Waals surface area contributed by atoms with Crippen molar-refractivity contribution in [2.75, 3.05) is 19.7 Å². The number of nitrogens with one attached hydrogen (secondary N) is 2. The molecule has 1 unspecified atom stereocenters. The summed E-state index contributed by atoms with van der Waals surface area (Å²) in [6, 6.07) is 12.4. The number of halogens is 2. The molecule has 2 amide bonds. The third-order valence-electron chi connectivity index (χ3n) is 4.14. The molecule has 0 spiro atoms. The Hall–Kier alpha value is -2.24. The van der Waals surface area contributed by atoms with Gasteiger partial charge in [0, 0.05) is 18.7 Å². The van der Waals surface area contributed by atoms with Crippen molar-refractivity contribution in [2.24, 2.45) is 5.92 Å². The van der Waals surface area contributed by atoms with Gasteiger partial charge < -0.3 is 15.4 Å². The average molecular weight is 393 g/mol. The van der Waals surface area contributed by atoms with Gasteiger partial charge in [0.05, 0.1) is 16.0 Å². The minimum atomic E-state index is -0.271. The molecule has 0 saturated carbocycles. The van der Waals surface area contributed by atoms with Crippen LogP contribution in [0.4, 0.5) is 0 Å². The van der Waals surface area contributed by atoms with Gasteiger partial charge in [-0.2, -0.15) is 0 Å². The fourth-order valence-corrected chi connectivity index (χ4v) is 3.04. The Morgan fingerprint density at radius 2 is 1.81 bits per heavy atom. The van der Waals surface area contributed by atoms with Gasteiger partial charge >= 0.3 is 0 Å². The van der Waals surface area contributed by atoms with Crippen LogP contribution in [0, 0.1) is 5.92 Å². The molecule has 1 aliphatic rings. The lowest BCUT2D eigenvalue weighted by molar-refractivity contribution is -0.126. The quantitative estimate of drug-likeness (QED) is 0.768. The molecule has 1 heterocycles. The first-order valence-electron chi connectivity index (χ1n) is 8.26. The molecule has 0 saturated heterocycles. The van der Waals surface area contributed by atoms with E-state index in [-0.39, 0.29) is 17.7 Å². The maximum Gasteiger partial charge on any atom is 0.251 e. The maximum absolute atomic E-state index is 12.3. The van der Waals surface area contributed by atoms with E-state index in [1.807, 2.05) is 24.3 Å². The van der Waals surface area contributed by atoms with Crippen LogP contribution in [-0.4, -0.2) is 31.5 Å². The molecule has 0 aliphatic carbocycles. The second kappa shape index (κ2) is 8.43. The van der Waals surface area contributed by atoms with Crippen molar-refractivity contribution in [2.45, 2.75) is 6.42 Å². The summed E-state index contributed by atoms with van der Waals surface area (Å²) in [5.74, 6) is 0.261. The molecule has 2 N–H and O–H groups in total. The van der Waals surface area contributed by atoms with Crippen LogP contribution in [0.2, 0.25) is 10.0 Å². The highest BCUT2D eigenvalue weighted by Gasteiger charge is 2.25. The van der Waals surface area contributed by atoms with Crippen molar-refractivity contribution < 1.29 is 14.3 Å². The summed E-state index contributed by atoms with van der Waals surface area (Å²) in [4.78, 5) is 24.3. The van der Waals surface area contributed by atoms with Gasteiger partial charge in [0.25, 0.3) is 5.91 Å². The van der Waals surface area contributed by atoms with E-state index in [0.717, 1.165) is 11.3 Å². The van der Waals surface area contributed by atoms with E-state index in [1.54, 1.807) is 12.1 Å². The molecule has 2 aromatic carbocycles. The van der Waals surface area contributed by atoms with Gasteiger partial charge in [-0.25, -0.2) is 0 Å². The molecule has 1 atom stereocenters. The fraction of sp³-hybridized carbons (Fsp3) is 0.263. The fourth-order valence-electron chi connectivity index (χ4n) is 2.74. The number of hydrogen-bond acceptors (Lipinski definition) is 3. The predicted octanol–water partition coefficient (Wildman–Crippen LogP) is 3.09. The van der Waals surface area contributed by atoms with Crippen molar-refractivity contribution in [1.82, 2.24) is 10.6 Å². The van der Waals surface area contributed by atoms with E-state index < -0.39 is 0 Å². The van der Waals surface area contributed by atoms with Crippen LogP contribution in [0.3, 0.4) is 0 Å². The summed E-state index contributed by atoms with van der Waals surface area (Å²) >= 11 is 11.7. The zero-order valence-corrected chi connectivity index (χ0v) is 15.4. The number of benzene rings is 2. The van der Waals surface area contributed by atoms with Crippen LogP contribution in [0.5, 0.6) is 5.75 Å². The van der Waals surface area contributed by atoms with E-state index in [9.17, 15) is 9.59 Å². The lowest BCUT2D eigenvalue weighted by Crippen LogP contribution is -2.41. The van der Waals surface area contributed by atoms with Crippen LogP contribution in [0.1, 0.15) is 15.9 Å². The molecule has 7 heteroatoms. The zero-order chi connectivity index (χ0) is 18.5. The highest BCUT2D eigenvalue weighted by Crippen LogP contribution is 2.26. The largest absolute Gasteiger partial charge is 0.492 e. The van der Waals surface area contributed by atoms with E-state index in [1.165, 1.54) is 6.07 Å². The molecule has 2 aromatic rings. The van der Waals surface area contributed by atoms with Gasteiger partial charge in [0.15, 0.2) is 0 Å². The Balaban J connectivity index is 1.43. The number of ether oxygens (including phenoxy) is 1. The number of para-hydroxylation sites is 1. The van der Waals surface area contributed by atoms with Crippen LogP contribution >= 0.6 is 23.2 Å². The third-order valence-corrected chi connectivity index (χ3v) is 4.88. The average Bonchev–Trinajstić information content (AvgIpc) is 2.66. The molecule has 3 rings (SSSR count). The Morgan fingerprint density at radius 3 is 2.62 bits per heavy atom. The Bertz CT molecular complexity index is 826. The number of carbonyl (C=O) groups is 2. The maximum atomic E-state index is 12.3. The number of carbonyl (C=O) groups excluding carboxylic acids is 2. The smallest absolute Gasteiger partial charge is 0.251 e. The first-order valence-corrected chi connectivity index (χ1v) is 9.02. The second-order valence-corrected chi connectivity index (χ2v) is 6.81. The molecule has 26 heavy (non-hydrogen) atoms. The molecule has 136 valence electrons. The standard InChI is InChI=1S/C19H18Cl2N2O3/c20-15-6-5-13(10-16(15)21)18(24)22-7-8-23-19(25)14-9-12-3-1-2-4-17(12)26-11-14/h1-6,10,14H,7-9,11H2,(H,22,24)(H,23,25). The number of hydrogen-bond donors (Lipinski definition) is 2. The highest BCUT2D eigenvalue weighted by molar-refractivity contribution is 6.42. The topological polar surface area (TPSA) is 67.4 Å². The minimum Gasteiger partial charge on any atom is -0.492 e. The van der Waals surface area contributed by atoms with E-state index in [4.69, 9.17) is 27.9 Å². The molecular weight excluding hydrogens is 375 g/mol. The molecule has 5 nitrogen and oxygen atoms in total. The Labute approximate surface area is 161 Å².